The molecule has 1 aromatic rings. The van der Waals surface area contributed by atoms with Crippen LogP contribution in [0.25, 0.3) is 0 Å². The van der Waals surface area contributed by atoms with Crippen molar-refractivity contribution in [1.29, 1.82) is 0 Å². The van der Waals surface area contributed by atoms with Gasteiger partial charge >= 0.3 is 6.18 Å². The predicted molar refractivity (Wildman–Crippen MR) is 67.2 cm³/mol. The van der Waals surface area contributed by atoms with E-state index < -0.39 is 11.7 Å². The molecule has 0 amide bonds. The second-order valence-electron chi connectivity index (χ2n) is 5.02. The maximum Gasteiger partial charge on any atom is 0.416 e. The molecule has 0 N–H and O–H groups in total. The van der Waals surface area contributed by atoms with Gasteiger partial charge in [0.1, 0.15) is 6.61 Å². The smallest absolute Gasteiger partial charge is 0.416 e. The van der Waals surface area contributed by atoms with Crippen molar-refractivity contribution in [2.75, 3.05) is 6.61 Å². The van der Waals surface area contributed by atoms with Gasteiger partial charge < -0.3 is 4.74 Å². The molecule has 19 heavy (non-hydrogen) atoms. The second-order valence-corrected chi connectivity index (χ2v) is 5.02. The van der Waals surface area contributed by atoms with Crippen molar-refractivity contribution >= 4 is 5.90 Å². The van der Waals surface area contributed by atoms with Crippen LogP contribution in [0.15, 0.2) is 29.3 Å². The summed E-state index contributed by atoms with van der Waals surface area (Å²) in [6, 6.07) is 5.27. The molecule has 1 aliphatic rings. The summed E-state index contributed by atoms with van der Waals surface area (Å²) in [5.74, 6) is 1.02. The number of benzene rings is 1. The number of alkyl halides is 3. The first-order valence-corrected chi connectivity index (χ1v) is 6.22. The molecule has 0 spiro atoms. The third-order valence-corrected chi connectivity index (χ3v) is 3.14. The minimum Gasteiger partial charge on any atom is -0.478 e. The minimum atomic E-state index is -4.29. The van der Waals surface area contributed by atoms with Gasteiger partial charge in [-0.3, -0.25) is 0 Å². The van der Waals surface area contributed by atoms with Gasteiger partial charge in [-0.05, 0) is 23.6 Å². The quantitative estimate of drug-likeness (QED) is 0.821. The number of aliphatic imine (C=N–C) groups is 1. The van der Waals surface area contributed by atoms with E-state index >= 15 is 0 Å². The minimum absolute atomic E-state index is 0.157. The Kier molecular flexibility index (Phi) is 3.83. The lowest BCUT2D eigenvalue weighted by Crippen LogP contribution is -2.13. The van der Waals surface area contributed by atoms with Crippen LogP contribution >= 0.6 is 0 Å². The van der Waals surface area contributed by atoms with Crippen LogP contribution in [0.1, 0.15) is 25.0 Å². The molecule has 5 heteroatoms. The summed E-state index contributed by atoms with van der Waals surface area (Å²) in [6.45, 7) is 4.70. The van der Waals surface area contributed by atoms with Gasteiger partial charge in [-0.15, -0.1) is 0 Å². The molecule has 1 heterocycles. The van der Waals surface area contributed by atoms with Gasteiger partial charge in [0.15, 0.2) is 5.90 Å². The van der Waals surface area contributed by atoms with Crippen LogP contribution in [0.2, 0.25) is 0 Å². The highest BCUT2D eigenvalue weighted by atomic mass is 19.4. The molecule has 0 saturated heterocycles. The van der Waals surface area contributed by atoms with Gasteiger partial charge in [-0.25, -0.2) is 4.99 Å². The van der Waals surface area contributed by atoms with Gasteiger partial charge in [0, 0.05) is 6.42 Å². The normalized spacial score (nSPS) is 19.5. The molecule has 1 atom stereocenters. The first kappa shape index (κ1) is 13.9. The lowest BCUT2D eigenvalue weighted by atomic mass is 10.1. The molecule has 0 unspecified atom stereocenters. The largest absolute Gasteiger partial charge is 0.478 e. The van der Waals surface area contributed by atoms with Crippen LogP contribution < -0.4 is 0 Å². The molecule has 0 fully saturated rings. The Hall–Kier alpha value is -1.52. The van der Waals surface area contributed by atoms with Gasteiger partial charge in [0.25, 0.3) is 0 Å². The molecule has 2 rings (SSSR count). The fraction of sp³-hybridized carbons (Fsp3) is 0.500. The van der Waals surface area contributed by atoms with E-state index in [9.17, 15) is 13.2 Å². The highest BCUT2D eigenvalue weighted by Gasteiger charge is 2.30. The number of halogens is 3. The number of hydrogen-bond acceptors (Lipinski definition) is 2. The van der Waals surface area contributed by atoms with E-state index in [-0.39, 0.29) is 6.04 Å². The van der Waals surface area contributed by atoms with Crippen molar-refractivity contribution in [3.63, 3.8) is 0 Å². The molecule has 0 aromatic heterocycles. The molecule has 1 aliphatic heterocycles. The summed E-state index contributed by atoms with van der Waals surface area (Å²) in [4.78, 5) is 4.43. The summed E-state index contributed by atoms with van der Waals surface area (Å²) in [6.07, 6.45) is -3.84. The maximum atomic E-state index is 12.4. The third kappa shape index (κ3) is 3.49. The average molecular weight is 271 g/mol. The van der Waals surface area contributed by atoms with E-state index in [0.717, 1.165) is 17.7 Å². The summed E-state index contributed by atoms with van der Waals surface area (Å²) in [7, 11) is 0. The van der Waals surface area contributed by atoms with Gasteiger partial charge in [0.05, 0.1) is 11.6 Å². The zero-order chi connectivity index (χ0) is 14.0. The van der Waals surface area contributed by atoms with Crippen molar-refractivity contribution < 1.29 is 17.9 Å². The van der Waals surface area contributed by atoms with E-state index in [4.69, 9.17) is 4.74 Å². The van der Waals surface area contributed by atoms with Crippen LogP contribution in [-0.2, 0) is 17.3 Å². The lowest BCUT2D eigenvalue weighted by Gasteiger charge is -2.07. The van der Waals surface area contributed by atoms with Crippen LogP contribution in [0, 0.1) is 5.92 Å². The van der Waals surface area contributed by atoms with Crippen molar-refractivity contribution in [3.8, 4) is 0 Å². The Morgan fingerprint density at radius 2 is 1.89 bits per heavy atom. The van der Waals surface area contributed by atoms with E-state index in [1.165, 1.54) is 12.1 Å². The molecular weight excluding hydrogens is 255 g/mol. The summed E-state index contributed by atoms with van der Waals surface area (Å²) >= 11 is 0. The third-order valence-electron chi connectivity index (χ3n) is 3.14. The van der Waals surface area contributed by atoms with E-state index in [1.54, 1.807) is 0 Å². The Labute approximate surface area is 110 Å². The monoisotopic (exact) mass is 271 g/mol. The van der Waals surface area contributed by atoms with Gasteiger partial charge in [-0.1, -0.05) is 26.0 Å². The Bertz CT molecular complexity index is 463. The Morgan fingerprint density at radius 1 is 1.26 bits per heavy atom. The SMILES string of the molecule is CC(C)[C@H]1COC(Cc2ccc(C(F)(F)F)cc2)=N1. The van der Waals surface area contributed by atoms with E-state index in [2.05, 4.69) is 18.8 Å². The summed E-state index contributed by atoms with van der Waals surface area (Å²) in [5.41, 5.74) is 0.141. The van der Waals surface area contributed by atoms with Crippen LogP contribution in [0.5, 0.6) is 0 Å². The number of nitrogens with zero attached hydrogens (tertiary/aromatic N) is 1. The topological polar surface area (TPSA) is 21.6 Å². The zero-order valence-electron chi connectivity index (χ0n) is 10.9. The molecule has 104 valence electrons. The fourth-order valence-corrected chi connectivity index (χ4v) is 1.87. The van der Waals surface area contributed by atoms with Crippen molar-refractivity contribution in [3.05, 3.63) is 35.4 Å². The standard InChI is InChI=1S/C14H16F3NO/c1-9(2)12-8-19-13(18-12)7-10-3-5-11(6-4-10)14(15,16)17/h3-6,9,12H,7-8H2,1-2H3/t12-/m1/s1. The number of hydrogen-bond donors (Lipinski definition) is 0. The molecular formula is C14H16F3NO. The first-order chi connectivity index (χ1) is 8.86. The Morgan fingerprint density at radius 3 is 2.37 bits per heavy atom. The molecule has 0 bridgehead atoms. The van der Waals surface area contributed by atoms with Crippen molar-refractivity contribution in [2.24, 2.45) is 10.9 Å². The zero-order valence-corrected chi connectivity index (χ0v) is 10.9. The number of rotatable bonds is 3. The van der Waals surface area contributed by atoms with Gasteiger partial charge in [0.2, 0.25) is 0 Å². The van der Waals surface area contributed by atoms with Crippen LogP contribution in [-0.4, -0.2) is 18.5 Å². The highest BCUT2D eigenvalue weighted by Crippen LogP contribution is 2.29. The fourth-order valence-electron chi connectivity index (χ4n) is 1.87. The summed E-state index contributed by atoms with van der Waals surface area (Å²) in [5, 5.41) is 0. The summed E-state index contributed by atoms with van der Waals surface area (Å²) < 4.78 is 42.7. The van der Waals surface area contributed by atoms with Crippen molar-refractivity contribution in [1.82, 2.24) is 0 Å². The molecule has 0 radical (unpaired) electrons. The molecule has 0 saturated carbocycles. The van der Waals surface area contributed by atoms with Crippen LogP contribution in [0.4, 0.5) is 13.2 Å². The lowest BCUT2D eigenvalue weighted by molar-refractivity contribution is -0.137. The first-order valence-electron chi connectivity index (χ1n) is 6.22. The molecule has 1 aromatic carbocycles. The predicted octanol–water partition coefficient (Wildman–Crippen LogP) is 3.70. The number of ether oxygens (including phenoxy) is 1. The maximum absolute atomic E-state index is 12.4. The van der Waals surface area contributed by atoms with Crippen LogP contribution in [0.3, 0.4) is 0 Å². The second kappa shape index (κ2) is 5.23. The van der Waals surface area contributed by atoms with Crippen molar-refractivity contribution in [2.45, 2.75) is 32.5 Å². The molecule has 2 nitrogen and oxygen atoms in total. The van der Waals surface area contributed by atoms with E-state index in [0.29, 0.717) is 24.8 Å². The Balaban J connectivity index is 2.03. The van der Waals surface area contributed by atoms with E-state index in [1.807, 2.05) is 0 Å². The average Bonchev–Trinajstić information content (AvgIpc) is 2.77. The van der Waals surface area contributed by atoms with Gasteiger partial charge in [-0.2, -0.15) is 13.2 Å². The highest BCUT2D eigenvalue weighted by molar-refractivity contribution is 5.80. The molecule has 0 aliphatic carbocycles.